The monoisotopic (exact) mass is 376 g/mol. The van der Waals surface area contributed by atoms with Crippen LogP contribution in [0.5, 0.6) is 11.5 Å². The lowest BCUT2D eigenvalue weighted by atomic mass is 10.2. The molecule has 0 aromatic heterocycles. The predicted octanol–water partition coefficient (Wildman–Crippen LogP) is 1.52. The first kappa shape index (κ1) is 18.2. The SMILES string of the molecule is COc1ccc(OC[C@H](O)CN(C)C2=NS(=O)(=O)c3ccccc32)cc1. The molecule has 0 fully saturated rings. The number of ether oxygens (including phenoxy) is 2. The Morgan fingerprint density at radius 1 is 1.12 bits per heavy atom. The Morgan fingerprint density at radius 3 is 2.46 bits per heavy atom. The lowest BCUT2D eigenvalue weighted by Gasteiger charge is -2.22. The van der Waals surface area contributed by atoms with Gasteiger partial charge >= 0.3 is 0 Å². The summed E-state index contributed by atoms with van der Waals surface area (Å²) >= 11 is 0. The van der Waals surface area contributed by atoms with Gasteiger partial charge in [-0.05, 0) is 36.4 Å². The van der Waals surface area contributed by atoms with Crippen LogP contribution in [-0.2, 0) is 10.0 Å². The van der Waals surface area contributed by atoms with E-state index in [2.05, 4.69) is 4.40 Å². The molecule has 26 heavy (non-hydrogen) atoms. The van der Waals surface area contributed by atoms with Gasteiger partial charge in [-0.1, -0.05) is 12.1 Å². The van der Waals surface area contributed by atoms with Gasteiger partial charge in [0.15, 0.2) is 5.84 Å². The third-order valence-electron chi connectivity index (χ3n) is 3.96. The van der Waals surface area contributed by atoms with Crippen molar-refractivity contribution in [1.29, 1.82) is 0 Å². The molecule has 1 N–H and O–H groups in total. The molecular weight excluding hydrogens is 356 g/mol. The molecule has 2 aromatic carbocycles. The smallest absolute Gasteiger partial charge is 0.285 e. The molecule has 2 aromatic rings. The summed E-state index contributed by atoms with van der Waals surface area (Å²) in [5.41, 5.74) is 0.540. The molecule has 1 aliphatic heterocycles. The van der Waals surface area contributed by atoms with Crippen molar-refractivity contribution in [3.8, 4) is 11.5 Å². The van der Waals surface area contributed by atoms with Crippen LogP contribution in [0.3, 0.4) is 0 Å². The number of hydrogen-bond donors (Lipinski definition) is 1. The first-order valence-corrected chi connectivity index (χ1v) is 9.45. The van der Waals surface area contributed by atoms with Crippen molar-refractivity contribution in [3.05, 3.63) is 54.1 Å². The first-order chi connectivity index (χ1) is 12.4. The van der Waals surface area contributed by atoms with Crippen LogP contribution < -0.4 is 9.47 Å². The number of nitrogens with zero attached hydrogens (tertiary/aromatic N) is 2. The Labute approximate surface area is 152 Å². The average Bonchev–Trinajstić information content (AvgIpc) is 2.92. The molecule has 1 atom stereocenters. The van der Waals surface area contributed by atoms with Crippen molar-refractivity contribution in [2.45, 2.75) is 11.0 Å². The Morgan fingerprint density at radius 2 is 1.77 bits per heavy atom. The number of likely N-dealkylation sites (N-methyl/N-ethyl adjacent to an activating group) is 1. The van der Waals surface area contributed by atoms with E-state index in [1.165, 1.54) is 6.07 Å². The molecule has 3 rings (SSSR count). The minimum atomic E-state index is -3.68. The molecule has 8 heteroatoms. The standard InChI is InChI=1S/C18H20N2O5S/c1-20(18-16-5-3-4-6-17(16)26(22,23)19-18)11-13(21)12-25-15-9-7-14(24-2)8-10-15/h3-10,13,21H,11-12H2,1-2H3/t13-/m1/s1. The largest absolute Gasteiger partial charge is 0.497 e. The quantitative estimate of drug-likeness (QED) is 0.822. The molecule has 0 aliphatic carbocycles. The van der Waals surface area contributed by atoms with Crippen molar-refractivity contribution in [3.63, 3.8) is 0 Å². The zero-order chi connectivity index (χ0) is 18.7. The van der Waals surface area contributed by atoms with Crippen LogP contribution in [-0.4, -0.2) is 57.7 Å². The van der Waals surface area contributed by atoms with Crippen LogP contribution in [0.1, 0.15) is 5.56 Å². The predicted molar refractivity (Wildman–Crippen MR) is 97.3 cm³/mol. The Bertz CT molecular complexity index is 909. The van der Waals surface area contributed by atoms with Gasteiger partial charge in [-0.3, -0.25) is 0 Å². The number of hydrogen-bond acceptors (Lipinski definition) is 6. The number of aliphatic hydroxyl groups excluding tert-OH is 1. The second-order valence-electron chi connectivity index (χ2n) is 5.91. The molecule has 1 heterocycles. The van der Waals surface area contributed by atoms with Crippen LogP contribution >= 0.6 is 0 Å². The van der Waals surface area contributed by atoms with Gasteiger partial charge < -0.3 is 19.5 Å². The Hall–Kier alpha value is -2.58. The highest BCUT2D eigenvalue weighted by Crippen LogP contribution is 2.27. The van der Waals surface area contributed by atoms with E-state index in [0.717, 1.165) is 5.75 Å². The van der Waals surface area contributed by atoms with Crippen molar-refractivity contribution in [2.75, 3.05) is 27.3 Å². The second kappa shape index (κ2) is 7.35. The summed E-state index contributed by atoms with van der Waals surface area (Å²) in [6.45, 7) is 0.247. The highest BCUT2D eigenvalue weighted by Gasteiger charge is 2.30. The molecular formula is C18H20N2O5S. The van der Waals surface area contributed by atoms with E-state index in [9.17, 15) is 13.5 Å². The van der Waals surface area contributed by atoms with Crippen molar-refractivity contribution < 1.29 is 23.0 Å². The fourth-order valence-electron chi connectivity index (χ4n) is 2.68. The van der Waals surface area contributed by atoms with Gasteiger partial charge in [-0.15, -0.1) is 4.40 Å². The van der Waals surface area contributed by atoms with E-state index >= 15 is 0 Å². The molecule has 0 amide bonds. The highest BCUT2D eigenvalue weighted by molar-refractivity contribution is 7.90. The van der Waals surface area contributed by atoms with Crippen LogP contribution in [0.25, 0.3) is 0 Å². The van der Waals surface area contributed by atoms with Gasteiger partial charge in [0.1, 0.15) is 29.1 Å². The van der Waals surface area contributed by atoms with Gasteiger partial charge in [0, 0.05) is 19.2 Å². The summed E-state index contributed by atoms with van der Waals surface area (Å²) in [6, 6.07) is 13.7. The summed E-state index contributed by atoms with van der Waals surface area (Å²) < 4.78 is 38.7. The molecule has 7 nitrogen and oxygen atoms in total. The Balaban J connectivity index is 1.62. The number of sulfonamides is 1. The minimum Gasteiger partial charge on any atom is -0.497 e. The number of methoxy groups -OCH3 is 1. The summed E-state index contributed by atoms with van der Waals surface area (Å²) in [6.07, 6.45) is -0.819. The van der Waals surface area contributed by atoms with Crippen LogP contribution in [0.4, 0.5) is 0 Å². The first-order valence-electron chi connectivity index (χ1n) is 8.01. The molecule has 0 saturated heterocycles. The number of fused-ring (bicyclic) bond motifs is 1. The van der Waals surface area contributed by atoms with Crippen LogP contribution in [0.15, 0.2) is 57.8 Å². The van der Waals surface area contributed by atoms with Gasteiger partial charge in [-0.25, -0.2) is 0 Å². The molecule has 0 saturated carbocycles. The van der Waals surface area contributed by atoms with Crippen LogP contribution in [0.2, 0.25) is 0 Å². The Kier molecular flexibility index (Phi) is 5.15. The molecule has 0 bridgehead atoms. The topological polar surface area (TPSA) is 88.4 Å². The summed E-state index contributed by atoms with van der Waals surface area (Å²) in [5, 5.41) is 10.2. The molecule has 138 valence electrons. The third kappa shape index (κ3) is 3.81. The zero-order valence-corrected chi connectivity index (χ0v) is 15.3. The number of rotatable bonds is 6. The normalized spacial score (nSPS) is 15.7. The minimum absolute atomic E-state index is 0.0678. The number of aliphatic hydroxyl groups is 1. The fraction of sp³-hybridized carbons (Fsp3) is 0.278. The van der Waals surface area contributed by atoms with E-state index in [-0.39, 0.29) is 18.0 Å². The van der Waals surface area contributed by atoms with Crippen molar-refractivity contribution in [2.24, 2.45) is 4.40 Å². The molecule has 1 aliphatic rings. The van der Waals surface area contributed by atoms with Crippen LogP contribution in [0, 0.1) is 0 Å². The van der Waals surface area contributed by atoms with E-state index in [4.69, 9.17) is 9.47 Å². The van der Waals surface area contributed by atoms with E-state index in [1.54, 1.807) is 61.5 Å². The van der Waals surface area contributed by atoms with Gasteiger partial charge in [0.05, 0.1) is 7.11 Å². The van der Waals surface area contributed by atoms with Gasteiger partial charge in [0.25, 0.3) is 10.0 Å². The van der Waals surface area contributed by atoms with Gasteiger partial charge in [-0.2, -0.15) is 8.42 Å². The van der Waals surface area contributed by atoms with E-state index < -0.39 is 16.1 Å². The summed E-state index contributed by atoms with van der Waals surface area (Å²) in [4.78, 5) is 1.80. The fourth-order valence-corrected chi connectivity index (χ4v) is 3.94. The molecule has 0 spiro atoms. The molecule has 0 unspecified atom stereocenters. The second-order valence-corrected chi connectivity index (χ2v) is 7.48. The highest BCUT2D eigenvalue weighted by atomic mass is 32.2. The summed E-state index contributed by atoms with van der Waals surface area (Å²) in [7, 11) is -0.405. The van der Waals surface area contributed by atoms with Crippen molar-refractivity contribution >= 4 is 15.9 Å². The van der Waals surface area contributed by atoms with E-state index in [1.807, 2.05) is 0 Å². The lowest BCUT2D eigenvalue weighted by molar-refractivity contribution is 0.0916. The molecule has 0 radical (unpaired) electrons. The van der Waals surface area contributed by atoms with E-state index in [0.29, 0.717) is 17.1 Å². The zero-order valence-electron chi connectivity index (χ0n) is 14.5. The van der Waals surface area contributed by atoms with Crippen molar-refractivity contribution in [1.82, 2.24) is 4.90 Å². The maximum absolute atomic E-state index is 12.1. The summed E-state index contributed by atoms with van der Waals surface area (Å²) in [5.74, 6) is 1.65. The lowest BCUT2D eigenvalue weighted by Crippen LogP contribution is -2.37. The average molecular weight is 376 g/mol. The number of benzene rings is 2. The van der Waals surface area contributed by atoms with Gasteiger partial charge in [0.2, 0.25) is 0 Å². The number of amidine groups is 1. The third-order valence-corrected chi connectivity index (χ3v) is 5.29. The maximum Gasteiger partial charge on any atom is 0.285 e. The maximum atomic E-state index is 12.1.